The van der Waals surface area contributed by atoms with Crippen molar-refractivity contribution in [1.82, 2.24) is 0 Å². The Morgan fingerprint density at radius 3 is 2.33 bits per heavy atom. The zero-order valence-corrected chi connectivity index (χ0v) is 8.01. The van der Waals surface area contributed by atoms with Crippen LogP contribution in [0.25, 0.3) is 0 Å². The van der Waals surface area contributed by atoms with Crippen molar-refractivity contribution in [3.8, 4) is 0 Å². The lowest BCUT2D eigenvalue weighted by molar-refractivity contribution is 0.166. The van der Waals surface area contributed by atoms with Crippen LogP contribution in [-0.4, -0.2) is 17.8 Å². The van der Waals surface area contributed by atoms with Gasteiger partial charge in [0.2, 0.25) is 0 Å². The second-order valence-corrected chi connectivity index (χ2v) is 3.29. The molecule has 2 nitrogen and oxygen atoms in total. The van der Waals surface area contributed by atoms with Crippen molar-refractivity contribution in [2.24, 2.45) is 5.73 Å². The summed E-state index contributed by atoms with van der Waals surface area (Å²) in [5.74, 6) is -3.21. The van der Waals surface area contributed by atoms with E-state index in [-0.39, 0.29) is 18.5 Å². The summed E-state index contributed by atoms with van der Waals surface area (Å²) in [6.45, 7) is 0.256. The number of aliphatic hydroxyl groups is 1. The third-order valence-corrected chi connectivity index (χ3v) is 2.04. The highest BCUT2D eigenvalue weighted by atomic mass is 19.2. The molecule has 15 heavy (non-hydrogen) atoms. The molecule has 1 aromatic rings. The third kappa shape index (κ3) is 3.21. The highest BCUT2D eigenvalue weighted by Gasteiger charge is 2.13. The first-order valence-electron chi connectivity index (χ1n) is 4.56. The first-order chi connectivity index (χ1) is 7.04. The number of rotatable bonds is 4. The Bertz CT molecular complexity index is 344. The van der Waals surface area contributed by atoms with Crippen LogP contribution in [0, 0.1) is 17.5 Å². The molecule has 0 fully saturated rings. The van der Waals surface area contributed by atoms with Crippen LogP contribution in [0.2, 0.25) is 0 Å². The van der Waals surface area contributed by atoms with Gasteiger partial charge in [0.05, 0.1) is 6.10 Å². The SMILES string of the molecule is NCCC(O)Cc1cc(F)c(F)cc1F. The quantitative estimate of drug-likeness (QED) is 0.751. The first kappa shape index (κ1) is 12.0. The van der Waals surface area contributed by atoms with Crippen molar-refractivity contribution in [3.05, 3.63) is 35.1 Å². The number of nitrogens with two attached hydrogens (primary N) is 1. The smallest absolute Gasteiger partial charge is 0.161 e. The number of halogens is 3. The second kappa shape index (κ2) is 5.14. The molecule has 84 valence electrons. The molecule has 0 radical (unpaired) electrons. The Morgan fingerprint density at radius 1 is 1.13 bits per heavy atom. The van der Waals surface area contributed by atoms with Gasteiger partial charge in [-0.25, -0.2) is 13.2 Å². The molecule has 0 aliphatic carbocycles. The standard InChI is InChI=1S/C10H12F3NO/c11-8-5-10(13)9(12)4-6(8)3-7(15)1-2-14/h4-5,7,15H,1-3,14H2. The van der Waals surface area contributed by atoms with E-state index in [1.807, 2.05) is 0 Å². The summed E-state index contributed by atoms with van der Waals surface area (Å²) in [7, 11) is 0. The van der Waals surface area contributed by atoms with E-state index in [1.165, 1.54) is 0 Å². The lowest BCUT2D eigenvalue weighted by Gasteiger charge is -2.10. The molecule has 1 unspecified atom stereocenters. The van der Waals surface area contributed by atoms with Gasteiger partial charge in [-0.3, -0.25) is 0 Å². The molecule has 0 saturated heterocycles. The minimum atomic E-state index is -1.23. The van der Waals surface area contributed by atoms with E-state index in [2.05, 4.69) is 0 Å². The minimum Gasteiger partial charge on any atom is -0.393 e. The van der Waals surface area contributed by atoms with Crippen molar-refractivity contribution in [2.75, 3.05) is 6.54 Å². The van der Waals surface area contributed by atoms with E-state index in [1.54, 1.807) is 0 Å². The van der Waals surface area contributed by atoms with Gasteiger partial charge in [-0.2, -0.15) is 0 Å². The fourth-order valence-electron chi connectivity index (χ4n) is 1.27. The van der Waals surface area contributed by atoms with Crippen LogP contribution in [0.15, 0.2) is 12.1 Å². The Hall–Kier alpha value is -1.07. The van der Waals surface area contributed by atoms with Crippen LogP contribution >= 0.6 is 0 Å². The molecule has 0 aliphatic rings. The van der Waals surface area contributed by atoms with E-state index in [4.69, 9.17) is 5.73 Å². The van der Waals surface area contributed by atoms with E-state index >= 15 is 0 Å². The Morgan fingerprint density at radius 2 is 1.73 bits per heavy atom. The van der Waals surface area contributed by atoms with Gasteiger partial charge in [-0.05, 0) is 24.6 Å². The molecule has 0 aromatic heterocycles. The molecule has 0 heterocycles. The maximum absolute atomic E-state index is 13.1. The topological polar surface area (TPSA) is 46.2 Å². The summed E-state index contributed by atoms with van der Waals surface area (Å²) in [5.41, 5.74) is 5.14. The minimum absolute atomic E-state index is 0.0464. The van der Waals surface area contributed by atoms with Gasteiger partial charge >= 0.3 is 0 Å². The molecule has 0 bridgehead atoms. The molecule has 0 saturated carbocycles. The fraction of sp³-hybridized carbons (Fsp3) is 0.400. The molecule has 1 aromatic carbocycles. The largest absolute Gasteiger partial charge is 0.393 e. The van der Waals surface area contributed by atoms with Crippen LogP contribution in [0.1, 0.15) is 12.0 Å². The maximum atomic E-state index is 13.1. The second-order valence-electron chi connectivity index (χ2n) is 3.29. The molecule has 0 amide bonds. The van der Waals surface area contributed by atoms with Crippen molar-refractivity contribution in [2.45, 2.75) is 18.9 Å². The average Bonchev–Trinajstić information content (AvgIpc) is 2.14. The molecular formula is C10H12F3NO. The highest BCUT2D eigenvalue weighted by Crippen LogP contribution is 2.15. The third-order valence-electron chi connectivity index (χ3n) is 2.04. The number of aliphatic hydroxyl groups excluding tert-OH is 1. The molecule has 3 N–H and O–H groups in total. The predicted molar refractivity (Wildman–Crippen MR) is 49.7 cm³/mol. The molecule has 0 spiro atoms. The van der Waals surface area contributed by atoms with Crippen LogP contribution < -0.4 is 5.73 Å². The Kier molecular flexibility index (Phi) is 4.11. The number of hydrogen-bond donors (Lipinski definition) is 2. The van der Waals surface area contributed by atoms with Gasteiger partial charge in [-0.1, -0.05) is 0 Å². The molecule has 1 atom stereocenters. The summed E-state index contributed by atoms with van der Waals surface area (Å²) in [6, 6.07) is 1.23. The number of benzene rings is 1. The first-order valence-corrected chi connectivity index (χ1v) is 4.56. The summed E-state index contributed by atoms with van der Waals surface area (Å²) in [6.07, 6.45) is -0.618. The van der Waals surface area contributed by atoms with Gasteiger partial charge in [0.25, 0.3) is 0 Å². The van der Waals surface area contributed by atoms with Gasteiger partial charge in [0, 0.05) is 12.5 Å². The van der Waals surface area contributed by atoms with Crippen LogP contribution in [-0.2, 0) is 6.42 Å². The van der Waals surface area contributed by atoms with E-state index in [0.717, 1.165) is 6.07 Å². The Balaban J connectivity index is 2.81. The fourth-order valence-corrected chi connectivity index (χ4v) is 1.27. The summed E-state index contributed by atoms with van der Waals surface area (Å²) in [4.78, 5) is 0. The zero-order chi connectivity index (χ0) is 11.4. The highest BCUT2D eigenvalue weighted by molar-refractivity contribution is 5.20. The van der Waals surface area contributed by atoms with Gasteiger partial charge < -0.3 is 10.8 Å². The summed E-state index contributed by atoms with van der Waals surface area (Å²) < 4.78 is 38.4. The van der Waals surface area contributed by atoms with Crippen molar-refractivity contribution in [1.29, 1.82) is 0 Å². The van der Waals surface area contributed by atoms with Crippen molar-refractivity contribution >= 4 is 0 Å². The van der Waals surface area contributed by atoms with E-state index in [0.29, 0.717) is 12.5 Å². The maximum Gasteiger partial charge on any atom is 0.161 e. The van der Waals surface area contributed by atoms with Crippen LogP contribution in [0.5, 0.6) is 0 Å². The van der Waals surface area contributed by atoms with Crippen molar-refractivity contribution in [3.63, 3.8) is 0 Å². The van der Waals surface area contributed by atoms with Gasteiger partial charge in [-0.15, -0.1) is 0 Å². The molecule has 5 heteroatoms. The molecule has 1 rings (SSSR count). The van der Waals surface area contributed by atoms with Gasteiger partial charge in [0.15, 0.2) is 11.6 Å². The Labute approximate surface area is 85.5 Å². The number of hydrogen-bond acceptors (Lipinski definition) is 2. The summed E-state index contributed by atoms with van der Waals surface area (Å²) in [5, 5.41) is 9.32. The van der Waals surface area contributed by atoms with E-state index in [9.17, 15) is 18.3 Å². The molecule has 0 aliphatic heterocycles. The lowest BCUT2D eigenvalue weighted by Crippen LogP contribution is -2.16. The average molecular weight is 219 g/mol. The zero-order valence-electron chi connectivity index (χ0n) is 8.01. The van der Waals surface area contributed by atoms with Crippen LogP contribution in [0.4, 0.5) is 13.2 Å². The summed E-state index contributed by atoms with van der Waals surface area (Å²) >= 11 is 0. The predicted octanol–water partition coefficient (Wildman–Crippen LogP) is 1.36. The van der Waals surface area contributed by atoms with Gasteiger partial charge in [0.1, 0.15) is 5.82 Å². The van der Waals surface area contributed by atoms with E-state index < -0.39 is 23.6 Å². The lowest BCUT2D eigenvalue weighted by atomic mass is 10.0. The monoisotopic (exact) mass is 219 g/mol. The molecular weight excluding hydrogens is 207 g/mol. The normalized spacial score (nSPS) is 12.9. The van der Waals surface area contributed by atoms with Crippen molar-refractivity contribution < 1.29 is 18.3 Å². The van der Waals surface area contributed by atoms with Crippen LogP contribution in [0.3, 0.4) is 0 Å².